The van der Waals surface area contributed by atoms with E-state index in [0.29, 0.717) is 5.39 Å². The largest absolute Gasteiger partial charge is 0.256 e. The van der Waals surface area contributed by atoms with Gasteiger partial charge in [-0.2, -0.15) is 0 Å². The van der Waals surface area contributed by atoms with Gasteiger partial charge in [0.05, 0.1) is 10.5 Å². The molecule has 0 aliphatic heterocycles. The lowest BCUT2D eigenvalue weighted by Crippen LogP contribution is -1.87. The summed E-state index contributed by atoms with van der Waals surface area (Å²) in [5.74, 6) is -0.389. The van der Waals surface area contributed by atoms with Crippen LogP contribution in [0, 0.1) is 12.7 Å². The summed E-state index contributed by atoms with van der Waals surface area (Å²) in [5, 5.41) is 0.815. The maximum atomic E-state index is 13.1. The third kappa shape index (κ3) is 1.27. The molecule has 0 aliphatic rings. The predicted molar refractivity (Wildman–Crippen MR) is 51.4 cm³/mol. The predicted octanol–water partition coefficient (Wildman–Crippen LogP) is 3.34. The third-order valence-corrected chi connectivity index (χ3v) is 2.35. The average molecular weight is 196 g/mol. The lowest BCUT2D eigenvalue weighted by Gasteiger charge is -2.03. The number of aryl methyl sites for hydroxylation is 1. The maximum absolute atomic E-state index is 13.1. The van der Waals surface area contributed by atoms with E-state index < -0.39 is 0 Å². The number of hydrogen-bond acceptors (Lipinski definition) is 1. The van der Waals surface area contributed by atoms with Crippen molar-refractivity contribution in [2.45, 2.75) is 6.92 Å². The highest BCUT2D eigenvalue weighted by molar-refractivity contribution is 6.35. The fourth-order valence-corrected chi connectivity index (χ4v) is 1.55. The Balaban J connectivity index is 2.97. The minimum absolute atomic E-state index is 0.147. The average Bonchev–Trinajstić information content (AvgIpc) is 2.15. The minimum Gasteiger partial charge on any atom is -0.256 e. The number of aromatic nitrogens is 1. The molecule has 66 valence electrons. The standard InChI is InChI=1S/C10H7ClFN/c1-6-5-8(12)9(11)7-3-2-4-13-10(6)7/h2-5H,1H3. The summed E-state index contributed by atoms with van der Waals surface area (Å²) in [4.78, 5) is 4.13. The van der Waals surface area contributed by atoms with Crippen LogP contribution >= 0.6 is 11.6 Å². The van der Waals surface area contributed by atoms with E-state index in [1.807, 2.05) is 6.92 Å². The van der Waals surface area contributed by atoms with Crippen LogP contribution in [0.3, 0.4) is 0 Å². The Bertz CT molecular complexity index is 468. The van der Waals surface area contributed by atoms with Crippen molar-refractivity contribution < 1.29 is 4.39 Å². The van der Waals surface area contributed by atoms with Gasteiger partial charge in [-0.1, -0.05) is 11.6 Å². The van der Waals surface area contributed by atoms with Gasteiger partial charge in [0.1, 0.15) is 5.82 Å². The van der Waals surface area contributed by atoms with Crippen LogP contribution in [0.1, 0.15) is 5.56 Å². The van der Waals surface area contributed by atoms with Crippen molar-refractivity contribution in [1.82, 2.24) is 4.98 Å². The van der Waals surface area contributed by atoms with E-state index in [1.54, 1.807) is 18.3 Å². The molecule has 0 N–H and O–H groups in total. The van der Waals surface area contributed by atoms with Crippen LogP contribution in [0.5, 0.6) is 0 Å². The van der Waals surface area contributed by atoms with E-state index in [2.05, 4.69) is 4.98 Å². The zero-order chi connectivity index (χ0) is 9.42. The van der Waals surface area contributed by atoms with E-state index in [9.17, 15) is 4.39 Å². The van der Waals surface area contributed by atoms with Crippen molar-refractivity contribution in [3.8, 4) is 0 Å². The molecular formula is C10H7ClFN. The third-order valence-electron chi connectivity index (χ3n) is 1.97. The summed E-state index contributed by atoms with van der Waals surface area (Å²) >= 11 is 5.78. The van der Waals surface area contributed by atoms with Crippen LogP contribution in [0.15, 0.2) is 24.4 Å². The van der Waals surface area contributed by atoms with Crippen molar-refractivity contribution in [1.29, 1.82) is 0 Å². The van der Waals surface area contributed by atoms with Gasteiger partial charge in [-0.3, -0.25) is 4.98 Å². The first-order valence-electron chi connectivity index (χ1n) is 3.89. The Morgan fingerprint density at radius 2 is 2.23 bits per heavy atom. The molecule has 1 heterocycles. The number of pyridine rings is 1. The summed E-state index contributed by atoms with van der Waals surface area (Å²) in [6, 6.07) is 4.91. The van der Waals surface area contributed by atoms with Gasteiger partial charge in [0.25, 0.3) is 0 Å². The number of halogens is 2. The first-order chi connectivity index (χ1) is 6.20. The van der Waals surface area contributed by atoms with Crippen LogP contribution in [-0.2, 0) is 0 Å². The molecule has 0 unspecified atom stereocenters. The number of benzene rings is 1. The molecule has 0 fully saturated rings. The second-order valence-corrected chi connectivity index (χ2v) is 3.27. The normalized spacial score (nSPS) is 10.7. The van der Waals surface area contributed by atoms with E-state index in [-0.39, 0.29) is 10.8 Å². The lowest BCUT2D eigenvalue weighted by atomic mass is 10.1. The van der Waals surface area contributed by atoms with Crippen LogP contribution in [0.4, 0.5) is 4.39 Å². The smallest absolute Gasteiger partial charge is 0.142 e. The van der Waals surface area contributed by atoms with Gasteiger partial charge in [0.2, 0.25) is 0 Å². The molecular weight excluding hydrogens is 189 g/mol. The Kier molecular flexibility index (Phi) is 1.93. The molecule has 3 heteroatoms. The Labute approximate surface area is 80.2 Å². The second kappa shape index (κ2) is 2.96. The molecule has 0 saturated heterocycles. The first-order valence-corrected chi connectivity index (χ1v) is 4.27. The molecule has 1 aromatic carbocycles. The van der Waals surface area contributed by atoms with Crippen LogP contribution in [-0.4, -0.2) is 4.98 Å². The molecule has 0 aliphatic carbocycles. The van der Waals surface area contributed by atoms with Gasteiger partial charge >= 0.3 is 0 Å². The van der Waals surface area contributed by atoms with Gasteiger partial charge in [0, 0.05) is 11.6 Å². The SMILES string of the molecule is Cc1cc(F)c(Cl)c2cccnc12. The van der Waals surface area contributed by atoms with Gasteiger partial charge in [-0.25, -0.2) is 4.39 Å². The van der Waals surface area contributed by atoms with Crippen molar-refractivity contribution in [3.05, 3.63) is 40.8 Å². The van der Waals surface area contributed by atoms with E-state index in [4.69, 9.17) is 11.6 Å². The van der Waals surface area contributed by atoms with E-state index >= 15 is 0 Å². The zero-order valence-corrected chi connectivity index (χ0v) is 7.77. The van der Waals surface area contributed by atoms with Crippen molar-refractivity contribution in [2.24, 2.45) is 0 Å². The van der Waals surface area contributed by atoms with Crippen LogP contribution in [0.25, 0.3) is 10.9 Å². The fraction of sp³-hybridized carbons (Fsp3) is 0.100. The molecule has 2 aromatic rings. The highest BCUT2D eigenvalue weighted by Gasteiger charge is 2.07. The molecule has 13 heavy (non-hydrogen) atoms. The van der Waals surface area contributed by atoms with Gasteiger partial charge in [0.15, 0.2) is 0 Å². The molecule has 0 radical (unpaired) electrons. The molecule has 0 bridgehead atoms. The van der Waals surface area contributed by atoms with E-state index in [1.165, 1.54) is 6.07 Å². The fourth-order valence-electron chi connectivity index (χ4n) is 1.35. The highest BCUT2D eigenvalue weighted by atomic mass is 35.5. The molecule has 0 atom stereocenters. The monoisotopic (exact) mass is 195 g/mol. The first kappa shape index (κ1) is 8.45. The van der Waals surface area contributed by atoms with Crippen molar-refractivity contribution in [3.63, 3.8) is 0 Å². The van der Waals surface area contributed by atoms with Crippen LogP contribution < -0.4 is 0 Å². The molecule has 0 amide bonds. The Hall–Kier alpha value is -1.15. The van der Waals surface area contributed by atoms with Crippen LogP contribution in [0.2, 0.25) is 5.02 Å². The Morgan fingerprint density at radius 1 is 1.46 bits per heavy atom. The van der Waals surface area contributed by atoms with Gasteiger partial charge in [-0.15, -0.1) is 0 Å². The zero-order valence-electron chi connectivity index (χ0n) is 7.01. The summed E-state index contributed by atoms with van der Waals surface area (Å²) in [5.41, 5.74) is 1.56. The highest BCUT2D eigenvalue weighted by Crippen LogP contribution is 2.27. The minimum atomic E-state index is -0.389. The topological polar surface area (TPSA) is 12.9 Å². The molecule has 1 nitrogen and oxygen atoms in total. The van der Waals surface area contributed by atoms with Crippen molar-refractivity contribution in [2.75, 3.05) is 0 Å². The number of hydrogen-bond donors (Lipinski definition) is 0. The summed E-state index contributed by atoms with van der Waals surface area (Å²) in [6.45, 7) is 1.81. The van der Waals surface area contributed by atoms with Gasteiger partial charge < -0.3 is 0 Å². The van der Waals surface area contributed by atoms with E-state index in [0.717, 1.165) is 11.1 Å². The van der Waals surface area contributed by atoms with Crippen molar-refractivity contribution >= 4 is 22.5 Å². The summed E-state index contributed by atoms with van der Waals surface area (Å²) < 4.78 is 13.1. The lowest BCUT2D eigenvalue weighted by molar-refractivity contribution is 0.629. The molecule has 0 saturated carbocycles. The number of rotatable bonds is 0. The number of nitrogens with zero attached hydrogens (tertiary/aromatic N) is 1. The summed E-state index contributed by atoms with van der Waals surface area (Å²) in [7, 11) is 0. The second-order valence-electron chi connectivity index (χ2n) is 2.89. The quantitative estimate of drug-likeness (QED) is 0.628. The molecule has 2 rings (SSSR count). The Morgan fingerprint density at radius 3 is 3.00 bits per heavy atom. The summed E-state index contributed by atoms with van der Waals surface area (Å²) in [6.07, 6.45) is 1.67. The van der Waals surface area contributed by atoms with Gasteiger partial charge in [-0.05, 0) is 30.7 Å². The maximum Gasteiger partial charge on any atom is 0.142 e. The number of fused-ring (bicyclic) bond motifs is 1. The molecule has 0 spiro atoms. The molecule has 1 aromatic heterocycles.